The number of urea groups is 1. The average Bonchev–Trinajstić information content (AvgIpc) is 3.18. The van der Waals surface area contributed by atoms with E-state index in [4.69, 9.17) is 0 Å². The van der Waals surface area contributed by atoms with Crippen LogP contribution in [0.2, 0.25) is 0 Å². The molecule has 4 rings (SSSR count). The molecule has 142 valence electrons. The monoisotopic (exact) mass is 368 g/mol. The molecule has 27 heavy (non-hydrogen) atoms. The van der Waals surface area contributed by atoms with Gasteiger partial charge in [-0.2, -0.15) is 0 Å². The van der Waals surface area contributed by atoms with E-state index in [0.717, 1.165) is 31.7 Å². The number of pyridine rings is 1. The smallest absolute Gasteiger partial charge is 0.320 e. The second-order valence-corrected chi connectivity index (χ2v) is 7.80. The Morgan fingerprint density at radius 2 is 1.96 bits per heavy atom. The molecule has 6 heteroatoms. The van der Waals surface area contributed by atoms with Crippen molar-refractivity contribution in [1.29, 1.82) is 0 Å². The van der Waals surface area contributed by atoms with E-state index in [1.54, 1.807) is 31.1 Å². The van der Waals surface area contributed by atoms with E-state index in [1.165, 1.54) is 11.6 Å². The maximum atomic E-state index is 13.9. The van der Waals surface area contributed by atoms with E-state index in [2.05, 4.69) is 9.88 Å². The number of nitrogens with zero attached hydrogens (tertiary/aromatic N) is 4. The fourth-order valence-electron chi connectivity index (χ4n) is 4.58. The van der Waals surface area contributed by atoms with Gasteiger partial charge in [-0.05, 0) is 41.3 Å². The first-order valence-corrected chi connectivity index (χ1v) is 9.37. The normalized spacial score (nSPS) is 24.9. The highest BCUT2D eigenvalue weighted by atomic mass is 19.1. The third kappa shape index (κ3) is 3.54. The summed E-state index contributed by atoms with van der Waals surface area (Å²) >= 11 is 0. The summed E-state index contributed by atoms with van der Waals surface area (Å²) in [6.45, 7) is 3.46. The molecule has 2 aliphatic heterocycles. The summed E-state index contributed by atoms with van der Waals surface area (Å²) in [5.74, 6) is 0.474. The lowest BCUT2D eigenvalue weighted by molar-refractivity contribution is 0.151. The van der Waals surface area contributed by atoms with Crippen molar-refractivity contribution in [3.05, 3.63) is 65.7 Å². The molecular weight excluding hydrogens is 343 g/mol. The Hall–Kier alpha value is -2.47. The van der Waals surface area contributed by atoms with E-state index in [-0.39, 0.29) is 17.9 Å². The van der Waals surface area contributed by atoms with Crippen LogP contribution in [0.3, 0.4) is 0 Å². The Labute approximate surface area is 159 Å². The second kappa shape index (κ2) is 7.27. The molecule has 0 saturated carbocycles. The topological polar surface area (TPSA) is 39.7 Å². The van der Waals surface area contributed by atoms with Crippen molar-refractivity contribution in [3.63, 3.8) is 0 Å². The first-order valence-electron chi connectivity index (χ1n) is 9.37. The van der Waals surface area contributed by atoms with Crippen molar-refractivity contribution in [2.24, 2.45) is 11.8 Å². The maximum Gasteiger partial charge on any atom is 0.320 e. The molecule has 3 heterocycles. The van der Waals surface area contributed by atoms with Gasteiger partial charge in [-0.3, -0.25) is 9.88 Å². The molecule has 0 spiro atoms. The fraction of sp³-hybridized carbons (Fsp3) is 0.429. The number of aromatic nitrogens is 1. The summed E-state index contributed by atoms with van der Waals surface area (Å²) in [5.41, 5.74) is 2.14. The zero-order chi connectivity index (χ0) is 19.0. The van der Waals surface area contributed by atoms with E-state index in [0.29, 0.717) is 11.8 Å². The van der Waals surface area contributed by atoms with Crippen LogP contribution < -0.4 is 0 Å². The van der Waals surface area contributed by atoms with Crippen LogP contribution in [0, 0.1) is 17.7 Å². The van der Waals surface area contributed by atoms with Gasteiger partial charge in [0.15, 0.2) is 0 Å². The minimum atomic E-state index is -0.250. The minimum Gasteiger partial charge on any atom is -0.331 e. The third-order valence-corrected chi connectivity index (χ3v) is 5.71. The molecule has 0 unspecified atom stereocenters. The van der Waals surface area contributed by atoms with E-state index >= 15 is 0 Å². The molecule has 5 nitrogen and oxygen atoms in total. The van der Waals surface area contributed by atoms with Gasteiger partial charge in [0.25, 0.3) is 0 Å². The Balaban J connectivity index is 1.58. The molecule has 2 saturated heterocycles. The number of fused-ring (bicyclic) bond motifs is 1. The van der Waals surface area contributed by atoms with Gasteiger partial charge in [0.05, 0.1) is 6.04 Å². The number of hydrogen-bond donors (Lipinski definition) is 0. The lowest BCUT2D eigenvalue weighted by Crippen LogP contribution is -2.41. The Morgan fingerprint density at radius 3 is 2.67 bits per heavy atom. The van der Waals surface area contributed by atoms with Gasteiger partial charge in [0.1, 0.15) is 5.82 Å². The summed E-state index contributed by atoms with van der Waals surface area (Å²) in [5, 5.41) is 0. The Kier molecular flexibility index (Phi) is 4.83. The summed E-state index contributed by atoms with van der Waals surface area (Å²) in [6, 6.07) is 10.7. The van der Waals surface area contributed by atoms with Gasteiger partial charge in [-0.15, -0.1) is 0 Å². The number of rotatable bonds is 3. The number of carbonyl (C=O) groups excluding carboxylic acids is 1. The number of likely N-dealkylation sites (tertiary alicyclic amines) is 2. The molecule has 2 aromatic rings. The van der Waals surface area contributed by atoms with Crippen LogP contribution in [0.25, 0.3) is 0 Å². The number of hydrogen-bond acceptors (Lipinski definition) is 3. The van der Waals surface area contributed by atoms with Crippen LogP contribution in [0.15, 0.2) is 48.8 Å². The molecule has 0 aliphatic carbocycles. The number of amides is 2. The fourth-order valence-corrected chi connectivity index (χ4v) is 4.58. The first-order chi connectivity index (χ1) is 13.0. The molecule has 3 atom stereocenters. The predicted octanol–water partition coefficient (Wildman–Crippen LogP) is 3.01. The van der Waals surface area contributed by atoms with Crippen LogP contribution in [-0.4, -0.2) is 59.4 Å². The number of halogens is 1. The quantitative estimate of drug-likeness (QED) is 0.836. The molecule has 2 aliphatic rings. The van der Waals surface area contributed by atoms with Gasteiger partial charge in [0.2, 0.25) is 0 Å². The predicted molar refractivity (Wildman–Crippen MR) is 101 cm³/mol. The highest BCUT2D eigenvalue weighted by Gasteiger charge is 2.49. The van der Waals surface area contributed by atoms with Crippen LogP contribution in [0.4, 0.5) is 9.18 Å². The van der Waals surface area contributed by atoms with Crippen molar-refractivity contribution < 1.29 is 9.18 Å². The van der Waals surface area contributed by atoms with E-state index < -0.39 is 0 Å². The zero-order valence-electron chi connectivity index (χ0n) is 15.8. The van der Waals surface area contributed by atoms with Crippen molar-refractivity contribution in [2.75, 3.05) is 33.7 Å². The molecule has 0 radical (unpaired) electrons. The average molecular weight is 368 g/mol. The lowest BCUT2D eigenvalue weighted by Gasteiger charge is -2.32. The molecule has 2 amide bonds. The largest absolute Gasteiger partial charge is 0.331 e. The van der Waals surface area contributed by atoms with Crippen LogP contribution >= 0.6 is 0 Å². The van der Waals surface area contributed by atoms with E-state index in [1.807, 2.05) is 35.5 Å². The molecule has 1 aromatic carbocycles. The molecular formula is C21H25FN4O. The molecule has 0 N–H and O–H groups in total. The lowest BCUT2D eigenvalue weighted by atomic mass is 9.89. The maximum absolute atomic E-state index is 13.9. The number of benzene rings is 1. The van der Waals surface area contributed by atoms with Crippen LogP contribution in [-0.2, 0) is 6.54 Å². The van der Waals surface area contributed by atoms with Gasteiger partial charge in [-0.1, -0.05) is 12.1 Å². The second-order valence-electron chi connectivity index (χ2n) is 7.80. The van der Waals surface area contributed by atoms with Crippen molar-refractivity contribution in [3.8, 4) is 0 Å². The van der Waals surface area contributed by atoms with Crippen LogP contribution in [0.1, 0.15) is 17.2 Å². The first kappa shape index (κ1) is 17.9. The summed E-state index contributed by atoms with van der Waals surface area (Å²) < 4.78 is 13.9. The highest BCUT2D eigenvalue weighted by molar-refractivity contribution is 5.75. The third-order valence-electron chi connectivity index (χ3n) is 5.71. The van der Waals surface area contributed by atoms with Crippen LogP contribution in [0.5, 0.6) is 0 Å². The SMILES string of the molecule is CN(C)C(=O)N1C[C@H]2CN(Cc3ccncc3)C[C@H]2[C@H]1c1cccc(F)c1. The van der Waals surface area contributed by atoms with E-state index in [9.17, 15) is 9.18 Å². The summed E-state index contributed by atoms with van der Waals surface area (Å²) in [7, 11) is 3.55. The molecule has 1 aromatic heterocycles. The number of carbonyl (C=O) groups is 1. The Morgan fingerprint density at radius 1 is 1.19 bits per heavy atom. The molecule has 2 fully saturated rings. The highest BCUT2D eigenvalue weighted by Crippen LogP contribution is 2.45. The molecule has 0 bridgehead atoms. The van der Waals surface area contributed by atoms with Gasteiger partial charge in [-0.25, -0.2) is 9.18 Å². The summed E-state index contributed by atoms with van der Waals surface area (Å²) in [6.07, 6.45) is 3.64. The van der Waals surface area contributed by atoms with Gasteiger partial charge < -0.3 is 9.80 Å². The van der Waals surface area contributed by atoms with Gasteiger partial charge in [0, 0.05) is 58.6 Å². The van der Waals surface area contributed by atoms with Crippen molar-refractivity contribution in [1.82, 2.24) is 19.7 Å². The van der Waals surface area contributed by atoms with Gasteiger partial charge >= 0.3 is 6.03 Å². The summed E-state index contributed by atoms with van der Waals surface area (Å²) in [4.78, 5) is 22.8. The van der Waals surface area contributed by atoms with Crippen molar-refractivity contribution in [2.45, 2.75) is 12.6 Å². The minimum absolute atomic E-state index is 0.000607. The Bertz CT molecular complexity index is 813. The standard InChI is InChI=1S/C21H25FN4O/c1-24(2)21(27)26-13-17-12-25(11-15-6-8-23-9-7-15)14-19(17)20(26)16-4-3-5-18(22)10-16/h3-10,17,19-20H,11-14H2,1-2H3/t17-,19-,20-/m1/s1. The van der Waals surface area contributed by atoms with Crippen molar-refractivity contribution >= 4 is 6.03 Å². The zero-order valence-corrected chi connectivity index (χ0v) is 15.8.